The Morgan fingerprint density at radius 2 is 2.21 bits per heavy atom. The Bertz CT molecular complexity index is 398. The summed E-state index contributed by atoms with van der Waals surface area (Å²) in [6, 6.07) is 2.65. The molecule has 19 heavy (non-hydrogen) atoms. The molecule has 2 heterocycles. The smallest absolute Gasteiger partial charge is 0.0671 e. The van der Waals surface area contributed by atoms with Crippen LogP contribution >= 0.6 is 0 Å². The van der Waals surface area contributed by atoms with Gasteiger partial charge in [0.25, 0.3) is 0 Å². The monoisotopic (exact) mass is 263 g/mol. The third-order valence-corrected chi connectivity index (χ3v) is 4.60. The van der Waals surface area contributed by atoms with E-state index in [0.717, 1.165) is 32.0 Å². The molecule has 1 aromatic heterocycles. The lowest BCUT2D eigenvalue weighted by Crippen LogP contribution is -2.40. The van der Waals surface area contributed by atoms with Gasteiger partial charge in [-0.3, -0.25) is 9.58 Å². The van der Waals surface area contributed by atoms with Crippen LogP contribution in [0.25, 0.3) is 0 Å². The second-order valence-corrected chi connectivity index (χ2v) is 6.05. The van der Waals surface area contributed by atoms with Gasteiger partial charge < -0.3 is 4.74 Å². The van der Waals surface area contributed by atoms with E-state index >= 15 is 0 Å². The van der Waals surface area contributed by atoms with Crippen LogP contribution in [0.2, 0.25) is 0 Å². The second kappa shape index (κ2) is 6.06. The summed E-state index contributed by atoms with van der Waals surface area (Å²) in [4.78, 5) is 2.63. The van der Waals surface area contributed by atoms with Gasteiger partial charge in [-0.2, -0.15) is 5.10 Å². The van der Waals surface area contributed by atoms with Crippen molar-refractivity contribution in [2.75, 3.05) is 26.8 Å². The molecular formula is C15H25N3O. The van der Waals surface area contributed by atoms with Gasteiger partial charge in [0.1, 0.15) is 0 Å². The van der Waals surface area contributed by atoms with Gasteiger partial charge in [-0.25, -0.2) is 0 Å². The van der Waals surface area contributed by atoms with Crippen molar-refractivity contribution in [2.45, 2.75) is 44.7 Å². The number of aromatic nitrogens is 2. The standard InChI is InChI=1S/C15H25N3O/c1-19-9-7-15-12-17(10-13-4-2-3-5-13)11-14-6-8-16-18(14)15/h6,8,13,15H,2-5,7,9-12H2,1H3. The number of rotatable bonds is 5. The lowest BCUT2D eigenvalue weighted by molar-refractivity contribution is 0.118. The average molecular weight is 263 g/mol. The lowest BCUT2D eigenvalue weighted by atomic mass is 10.1. The molecule has 106 valence electrons. The predicted octanol–water partition coefficient (Wildman–Crippen LogP) is 2.47. The van der Waals surface area contributed by atoms with Crippen LogP contribution in [0.1, 0.15) is 43.8 Å². The first-order chi connectivity index (χ1) is 9.36. The van der Waals surface area contributed by atoms with Gasteiger partial charge in [0.2, 0.25) is 0 Å². The Labute approximate surface area is 115 Å². The van der Waals surface area contributed by atoms with E-state index in [-0.39, 0.29) is 0 Å². The van der Waals surface area contributed by atoms with Crippen molar-refractivity contribution in [3.05, 3.63) is 18.0 Å². The molecule has 1 atom stereocenters. The van der Waals surface area contributed by atoms with Gasteiger partial charge in [0.05, 0.1) is 11.7 Å². The zero-order valence-electron chi connectivity index (χ0n) is 11.9. The van der Waals surface area contributed by atoms with E-state index in [2.05, 4.69) is 20.7 Å². The zero-order chi connectivity index (χ0) is 13.1. The summed E-state index contributed by atoms with van der Waals surface area (Å²) < 4.78 is 7.46. The van der Waals surface area contributed by atoms with E-state index in [9.17, 15) is 0 Å². The van der Waals surface area contributed by atoms with E-state index in [1.807, 2.05) is 6.20 Å². The highest BCUT2D eigenvalue weighted by atomic mass is 16.5. The summed E-state index contributed by atoms with van der Waals surface area (Å²) >= 11 is 0. The van der Waals surface area contributed by atoms with Gasteiger partial charge in [0.15, 0.2) is 0 Å². The first-order valence-electron chi connectivity index (χ1n) is 7.60. The molecule has 4 heteroatoms. The zero-order valence-corrected chi connectivity index (χ0v) is 11.9. The Morgan fingerprint density at radius 3 is 3.00 bits per heavy atom. The Morgan fingerprint density at radius 1 is 1.37 bits per heavy atom. The fourth-order valence-corrected chi connectivity index (χ4v) is 3.63. The Hall–Kier alpha value is -0.870. The minimum absolute atomic E-state index is 0.486. The van der Waals surface area contributed by atoms with E-state index in [1.54, 1.807) is 7.11 Å². The van der Waals surface area contributed by atoms with Gasteiger partial charge in [-0.15, -0.1) is 0 Å². The van der Waals surface area contributed by atoms with Gasteiger partial charge in [-0.05, 0) is 31.2 Å². The molecule has 3 rings (SSSR count). The minimum Gasteiger partial charge on any atom is -0.385 e. The fraction of sp³-hybridized carbons (Fsp3) is 0.800. The number of hydrogen-bond donors (Lipinski definition) is 0. The van der Waals surface area contributed by atoms with Gasteiger partial charge in [-0.1, -0.05) is 12.8 Å². The second-order valence-electron chi connectivity index (χ2n) is 6.05. The highest BCUT2D eigenvalue weighted by Gasteiger charge is 2.27. The van der Waals surface area contributed by atoms with E-state index in [1.165, 1.54) is 37.9 Å². The van der Waals surface area contributed by atoms with Crippen LogP contribution in [0.5, 0.6) is 0 Å². The van der Waals surface area contributed by atoms with Crippen molar-refractivity contribution < 1.29 is 4.74 Å². The van der Waals surface area contributed by atoms with Crippen LogP contribution in [0.3, 0.4) is 0 Å². The summed E-state index contributed by atoms with van der Waals surface area (Å²) in [5.74, 6) is 0.928. The molecule has 2 aliphatic rings. The normalized spacial score (nSPS) is 24.8. The van der Waals surface area contributed by atoms with Crippen LogP contribution in [0, 0.1) is 5.92 Å². The molecular weight excluding hydrogens is 238 g/mol. The maximum atomic E-state index is 5.25. The molecule has 0 bridgehead atoms. The Balaban J connectivity index is 1.65. The largest absolute Gasteiger partial charge is 0.385 e. The number of methoxy groups -OCH3 is 1. The van der Waals surface area contributed by atoms with E-state index in [0.29, 0.717) is 6.04 Å². The van der Waals surface area contributed by atoms with Crippen molar-refractivity contribution in [3.8, 4) is 0 Å². The SMILES string of the molecule is COCCC1CN(CC2CCCC2)Cc2ccnn21. The minimum atomic E-state index is 0.486. The molecule has 0 N–H and O–H groups in total. The molecule has 1 unspecified atom stereocenters. The highest BCUT2D eigenvalue weighted by Crippen LogP contribution is 2.29. The molecule has 4 nitrogen and oxygen atoms in total. The van der Waals surface area contributed by atoms with Crippen molar-refractivity contribution in [3.63, 3.8) is 0 Å². The first kappa shape index (κ1) is 13.1. The molecule has 1 aliphatic carbocycles. The summed E-state index contributed by atoms with van der Waals surface area (Å²) in [5, 5.41) is 4.49. The average Bonchev–Trinajstić information content (AvgIpc) is 3.06. The molecule has 0 radical (unpaired) electrons. The maximum Gasteiger partial charge on any atom is 0.0671 e. The Kier molecular flexibility index (Phi) is 4.18. The van der Waals surface area contributed by atoms with Crippen molar-refractivity contribution in [2.24, 2.45) is 5.92 Å². The topological polar surface area (TPSA) is 30.3 Å². The summed E-state index contributed by atoms with van der Waals surface area (Å²) in [5.41, 5.74) is 1.37. The van der Waals surface area contributed by atoms with Crippen LogP contribution in [-0.4, -0.2) is 41.5 Å². The molecule has 1 fully saturated rings. The molecule has 0 aromatic carbocycles. The molecule has 0 saturated heterocycles. The van der Waals surface area contributed by atoms with Crippen LogP contribution in [0.15, 0.2) is 12.3 Å². The molecule has 1 aliphatic heterocycles. The predicted molar refractivity (Wildman–Crippen MR) is 75.0 cm³/mol. The third kappa shape index (κ3) is 3.00. The van der Waals surface area contributed by atoms with Gasteiger partial charge in [0, 0.05) is 39.5 Å². The third-order valence-electron chi connectivity index (χ3n) is 4.60. The maximum absolute atomic E-state index is 5.25. The quantitative estimate of drug-likeness (QED) is 0.817. The highest BCUT2D eigenvalue weighted by molar-refractivity contribution is 5.05. The summed E-state index contributed by atoms with van der Waals surface area (Å²) in [6.07, 6.45) is 8.73. The number of nitrogens with zero attached hydrogens (tertiary/aromatic N) is 3. The van der Waals surface area contributed by atoms with Crippen LogP contribution < -0.4 is 0 Å². The number of ether oxygens (including phenoxy) is 1. The number of hydrogen-bond acceptors (Lipinski definition) is 3. The first-order valence-corrected chi connectivity index (χ1v) is 7.60. The van der Waals surface area contributed by atoms with Crippen molar-refractivity contribution >= 4 is 0 Å². The number of fused-ring (bicyclic) bond motifs is 1. The summed E-state index contributed by atoms with van der Waals surface area (Å²) in [7, 11) is 1.78. The van der Waals surface area contributed by atoms with Crippen molar-refractivity contribution in [1.82, 2.24) is 14.7 Å². The molecule has 0 spiro atoms. The van der Waals surface area contributed by atoms with Gasteiger partial charge >= 0.3 is 0 Å². The van der Waals surface area contributed by atoms with Crippen LogP contribution in [-0.2, 0) is 11.3 Å². The van der Waals surface area contributed by atoms with E-state index in [4.69, 9.17) is 4.74 Å². The fourth-order valence-electron chi connectivity index (χ4n) is 3.63. The van der Waals surface area contributed by atoms with Crippen molar-refractivity contribution in [1.29, 1.82) is 0 Å². The lowest BCUT2D eigenvalue weighted by Gasteiger charge is -2.35. The van der Waals surface area contributed by atoms with E-state index < -0.39 is 0 Å². The molecule has 1 aromatic rings. The van der Waals surface area contributed by atoms with Crippen LogP contribution in [0.4, 0.5) is 0 Å². The summed E-state index contributed by atoms with van der Waals surface area (Å²) in [6.45, 7) is 4.30. The molecule has 1 saturated carbocycles. The molecule has 0 amide bonds.